The lowest BCUT2D eigenvalue weighted by atomic mass is 10.1. The highest BCUT2D eigenvalue weighted by atomic mass is 16.2. The number of hydrogen-bond acceptors (Lipinski definition) is 3. The summed E-state index contributed by atoms with van der Waals surface area (Å²) < 4.78 is 0. The number of hydrazone groups is 1. The molecule has 1 saturated carbocycles. The van der Waals surface area contributed by atoms with Gasteiger partial charge in [0.2, 0.25) is 5.91 Å². The van der Waals surface area contributed by atoms with E-state index in [1.54, 1.807) is 43.6 Å². The Morgan fingerprint density at radius 1 is 1.25 bits per heavy atom. The largest absolute Gasteiger partial charge is 0.272 e. The Balaban J connectivity index is 1.82. The Bertz CT molecular complexity index is 369. The lowest BCUT2D eigenvalue weighted by Gasteiger charge is -2.03. The van der Waals surface area contributed by atoms with Crippen LogP contribution in [0.1, 0.15) is 5.56 Å². The molecule has 5 radical (unpaired) electrons. The van der Waals surface area contributed by atoms with Gasteiger partial charge >= 0.3 is 0 Å². The number of pyridine rings is 1. The van der Waals surface area contributed by atoms with Crippen LogP contribution in [0.15, 0.2) is 29.6 Å². The average molecular weight is 212 g/mol. The van der Waals surface area contributed by atoms with E-state index in [0.717, 1.165) is 5.56 Å². The molecular weight excluding hydrogens is 202 g/mol. The van der Waals surface area contributed by atoms with E-state index in [4.69, 9.17) is 0 Å². The lowest BCUT2D eigenvalue weighted by Crippen LogP contribution is -2.23. The van der Waals surface area contributed by atoms with Gasteiger partial charge in [0.25, 0.3) is 0 Å². The van der Waals surface area contributed by atoms with E-state index in [2.05, 4.69) is 15.5 Å². The van der Waals surface area contributed by atoms with Gasteiger partial charge in [0.15, 0.2) is 0 Å². The molecule has 4 heteroatoms. The molecule has 1 amide bonds. The van der Waals surface area contributed by atoms with Crippen LogP contribution in [0.25, 0.3) is 0 Å². The van der Waals surface area contributed by atoms with E-state index < -0.39 is 0 Å². The van der Waals surface area contributed by atoms with Crippen LogP contribution in [0.3, 0.4) is 0 Å². The predicted molar refractivity (Wildman–Crippen MR) is 60.4 cm³/mol. The van der Waals surface area contributed by atoms with Crippen LogP contribution in [-0.4, -0.2) is 17.1 Å². The van der Waals surface area contributed by atoms with Crippen LogP contribution in [0.4, 0.5) is 0 Å². The van der Waals surface area contributed by atoms with Gasteiger partial charge in [-0.3, -0.25) is 9.78 Å². The van der Waals surface area contributed by atoms with Crippen molar-refractivity contribution in [3.63, 3.8) is 0 Å². The molecule has 4 nitrogen and oxygen atoms in total. The van der Waals surface area contributed by atoms with E-state index in [1.807, 2.05) is 12.8 Å². The third-order valence-electron chi connectivity index (χ3n) is 2.01. The summed E-state index contributed by atoms with van der Waals surface area (Å²) in [4.78, 5) is 15.3. The monoisotopic (exact) mass is 212 g/mol. The van der Waals surface area contributed by atoms with Crippen LogP contribution >= 0.6 is 0 Å². The maximum Gasteiger partial charge on any atom is 0.248 e. The third-order valence-corrected chi connectivity index (χ3v) is 2.01. The van der Waals surface area contributed by atoms with Crippen molar-refractivity contribution < 1.29 is 4.79 Å². The van der Waals surface area contributed by atoms with Crippen LogP contribution < -0.4 is 5.43 Å². The fraction of sp³-hybridized carbons (Fsp3) is 0. The normalized spacial score (nSPS) is 16.8. The minimum atomic E-state index is -0.213. The molecule has 16 heavy (non-hydrogen) atoms. The number of nitrogens with zero attached hydrogens (tertiary/aromatic N) is 2. The number of nitrogens with one attached hydrogen (secondary N) is 1. The molecule has 0 bridgehead atoms. The summed E-state index contributed by atoms with van der Waals surface area (Å²) >= 11 is 0. The van der Waals surface area contributed by atoms with Crippen molar-refractivity contribution in [3.8, 4) is 0 Å². The molecule has 1 N–H and O–H groups in total. The number of carbonyl (C=O) groups is 1. The molecular formula is C12H10N3O. The summed E-state index contributed by atoms with van der Waals surface area (Å²) in [5.41, 5.74) is 3.33. The van der Waals surface area contributed by atoms with Gasteiger partial charge in [0.1, 0.15) is 0 Å². The minimum Gasteiger partial charge on any atom is -0.272 e. The molecule has 0 aromatic carbocycles. The molecule has 79 valence electrons. The van der Waals surface area contributed by atoms with Crippen LogP contribution in [0, 0.1) is 31.6 Å². The number of carbonyl (C=O) groups excluding carboxylic acids is 1. The first-order chi connectivity index (χ1) is 7.86. The first-order valence-corrected chi connectivity index (χ1v) is 4.81. The molecule has 1 aliphatic carbocycles. The summed E-state index contributed by atoms with van der Waals surface area (Å²) in [6.45, 7) is 0. The molecule has 0 saturated heterocycles. The second-order valence-corrected chi connectivity index (χ2v) is 3.15. The first-order valence-electron chi connectivity index (χ1n) is 4.81. The van der Waals surface area contributed by atoms with Gasteiger partial charge in [-0.1, -0.05) is 0 Å². The van der Waals surface area contributed by atoms with Crippen LogP contribution in [0.2, 0.25) is 0 Å². The van der Waals surface area contributed by atoms with Crippen molar-refractivity contribution >= 4 is 12.1 Å². The van der Waals surface area contributed by atoms with Gasteiger partial charge in [-0.25, -0.2) is 5.43 Å². The smallest absolute Gasteiger partial charge is 0.248 e. The fourth-order valence-electron chi connectivity index (χ4n) is 1.20. The Hall–Kier alpha value is -1.71. The molecule has 1 aromatic rings. The zero-order valence-corrected chi connectivity index (χ0v) is 8.50. The Labute approximate surface area is 94.8 Å². The van der Waals surface area contributed by atoms with Crippen LogP contribution in [0.5, 0.6) is 0 Å². The molecule has 0 spiro atoms. The van der Waals surface area contributed by atoms with Crippen molar-refractivity contribution in [2.45, 2.75) is 0 Å². The van der Waals surface area contributed by atoms with Gasteiger partial charge in [0.05, 0.1) is 12.1 Å². The maximum absolute atomic E-state index is 11.5. The lowest BCUT2D eigenvalue weighted by molar-refractivity contribution is -0.118. The fourth-order valence-corrected chi connectivity index (χ4v) is 1.20. The molecule has 0 aliphatic heterocycles. The van der Waals surface area contributed by atoms with Gasteiger partial charge in [0, 0.05) is 12.4 Å². The minimum absolute atomic E-state index is 0.213. The molecule has 1 heterocycles. The Morgan fingerprint density at radius 3 is 2.62 bits per heavy atom. The number of hydrogen-bond donors (Lipinski definition) is 1. The highest BCUT2D eigenvalue weighted by Gasteiger charge is 2.23. The van der Waals surface area contributed by atoms with E-state index >= 15 is 0 Å². The highest BCUT2D eigenvalue weighted by Crippen LogP contribution is 2.22. The maximum atomic E-state index is 11.5. The second kappa shape index (κ2) is 5.39. The van der Waals surface area contributed by atoms with E-state index in [0.29, 0.717) is 5.92 Å². The van der Waals surface area contributed by atoms with E-state index in [1.165, 1.54) is 0 Å². The zero-order chi connectivity index (χ0) is 11.2. The van der Waals surface area contributed by atoms with Gasteiger partial charge in [-0.15, -0.1) is 0 Å². The Morgan fingerprint density at radius 2 is 1.94 bits per heavy atom. The second-order valence-electron chi connectivity index (χ2n) is 3.15. The summed E-state index contributed by atoms with van der Waals surface area (Å²) in [5.74, 6) is 0.391. The summed E-state index contributed by atoms with van der Waals surface area (Å²) in [7, 11) is 0. The molecule has 2 rings (SSSR count). The predicted octanol–water partition coefficient (Wildman–Crippen LogP) is 0.937. The summed E-state index contributed by atoms with van der Waals surface area (Å²) in [6.07, 6.45) is 12.0. The standard InChI is InChI=1S/C12H10N3O/c16-12(11-3-1-2-4-11)15-14-9-10-5-7-13-8-6-10/h1-9H,(H,15,16)/b14-9+. The molecule has 0 atom stereocenters. The zero-order valence-electron chi connectivity index (χ0n) is 8.50. The summed E-state index contributed by atoms with van der Waals surface area (Å²) in [6, 6.07) is 3.61. The average Bonchev–Trinajstić information content (AvgIpc) is 2.84. The first kappa shape index (κ1) is 10.8. The third kappa shape index (κ3) is 2.89. The number of aromatic nitrogens is 1. The summed E-state index contributed by atoms with van der Waals surface area (Å²) in [5, 5.41) is 3.85. The van der Waals surface area contributed by atoms with Crippen molar-refractivity contribution in [2.75, 3.05) is 0 Å². The molecule has 1 fully saturated rings. The van der Waals surface area contributed by atoms with Gasteiger partial charge in [-0.05, 0) is 43.4 Å². The SMILES string of the molecule is O=C(N/N=C/c1ccncc1)[C]1[CH][CH][CH][CH]1. The Kier molecular flexibility index (Phi) is 3.64. The van der Waals surface area contributed by atoms with Crippen molar-refractivity contribution in [3.05, 3.63) is 61.7 Å². The number of amides is 1. The topological polar surface area (TPSA) is 54.4 Å². The molecule has 1 aromatic heterocycles. The van der Waals surface area contributed by atoms with Gasteiger partial charge < -0.3 is 0 Å². The van der Waals surface area contributed by atoms with E-state index in [9.17, 15) is 4.79 Å². The van der Waals surface area contributed by atoms with Crippen molar-refractivity contribution in [2.24, 2.45) is 5.10 Å². The molecule has 0 unspecified atom stereocenters. The van der Waals surface area contributed by atoms with Crippen molar-refractivity contribution in [1.29, 1.82) is 0 Å². The van der Waals surface area contributed by atoms with E-state index in [-0.39, 0.29) is 5.91 Å². The number of rotatable bonds is 3. The quantitative estimate of drug-likeness (QED) is 0.598. The molecule has 1 aliphatic rings. The highest BCUT2D eigenvalue weighted by molar-refractivity contribution is 5.96. The van der Waals surface area contributed by atoms with Crippen LogP contribution in [-0.2, 0) is 4.79 Å². The van der Waals surface area contributed by atoms with Gasteiger partial charge in [-0.2, -0.15) is 5.10 Å². The van der Waals surface area contributed by atoms with Crippen molar-refractivity contribution in [1.82, 2.24) is 10.4 Å².